The molecule has 1 aromatic heterocycles. The molecule has 182 valence electrons. The topological polar surface area (TPSA) is 119 Å². The van der Waals surface area contributed by atoms with Gasteiger partial charge in [0, 0.05) is 11.7 Å². The number of tetrazole rings is 1. The van der Waals surface area contributed by atoms with Gasteiger partial charge < -0.3 is 15.2 Å². The maximum absolute atomic E-state index is 12.5. The fourth-order valence-corrected chi connectivity index (χ4v) is 5.23. The van der Waals surface area contributed by atoms with Crippen molar-refractivity contribution in [2.24, 2.45) is 0 Å². The Bertz CT molecular complexity index is 1330. The molecular formula is C26H23N5O4S. The van der Waals surface area contributed by atoms with Gasteiger partial charge in [-0.3, -0.25) is 0 Å². The number of aromatic nitrogens is 4. The second-order valence-electron chi connectivity index (χ2n) is 8.22. The van der Waals surface area contributed by atoms with E-state index in [9.17, 15) is 14.7 Å². The lowest BCUT2D eigenvalue weighted by atomic mass is 9.98. The number of benzene rings is 3. The first-order chi connectivity index (χ1) is 17.6. The van der Waals surface area contributed by atoms with Crippen LogP contribution in [0.4, 0.5) is 4.79 Å². The average molecular weight is 502 g/mol. The highest BCUT2D eigenvalue weighted by molar-refractivity contribution is 7.98. The fraction of sp³-hybridized carbons (Fsp3) is 0.192. The number of ether oxygens (including phenoxy) is 1. The van der Waals surface area contributed by atoms with Crippen LogP contribution in [-0.2, 0) is 15.3 Å². The molecule has 36 heavy (non-hydrogen) atoms. The summed E-state index contributed by atoms with van der Waals surface area (Å²) in [4.78, 5) is 24.3. The number of hydrogen-bond donors (Lipinski definition) is 2. The highest BCUT2D eigenvalue weighted by Gasteiger charge is 2.29. The van der Waals surface area contributed by atoms with E-state index in [4.69, 9.17) is 4.74 Å². The van der Waals surface area contributed by atoms with E-state index in [2.05, 4.69) is 33.0 Å². The number of aliphatic carboxylic acids is 1. The van der Waals surface area contributed by atoms with Crippen molar-refractivity contribution in [3.8, 4) is 16.8 Å². The number of hydrogen-bond acceptors (Lipinski definition) is 7. The summed E-state index contributed by atoms with van der Waals surface area (Å²) >= 11 is 1.31. The van der Waals surface area contributed by atoms with Gasteiger partial charge in [0.05, 0.1) is 11.4 Å². The number of nitrogens with one attached hydrogen (secondary N) is 1. The summed E-state index contributed by atoms with van der Waals surface area (Å²) in [7, 11) is 0. The van der Waals surface area contributed by atoms with Crippen molar-refractivity contribution in [1.29, 1.82) is 0 Å². The first-order valence-electron chi connectivity index (χ1n) is 11.4. The molecule has 0 saturated carbocycles. The first-order valence-corrected chi connectivity index (χ1v) is 12.5. The Hall–Kier alpha value is -4.18. The Kier molecular flexibility index (Phi) is 6.94. The average Bonchev–Trinajstić information content (AvgIpc) is 3.50. The monoisotopic (exact) mass is 501 g/mol. The van der Waals surface area contributed by atoms with Crippen LogP contribution in [0.2, 0.25) is 0 Å². The molecule has 4 aromatic rings. The van der Waals surface area contributed by atoms with Gasteiger partial charge in [-0.05, 0) is 44.8 Å². The van der Waals surface area contributed by atoms with Crippen LogP contribution in [0.25, 0.3) is 16.8 Å². The van der Waals surface area contributed by atoms with Gasteiger partial charge in [0.1, 0.15) is 12.6 Å². The molecule has 1 unspecified atom stereocenters. The Labute approximate surface area is 211 Å². The van der Waals surface area contributed by atoms with Crippen molar-refractivity contribution in [2.45, 2.75) is 17.7 Å². The Morgan fingerprint density at radius 3 is 2.28 bits per heavy atom. The molecule has 0 saturated heterocycles. The molecule has 2 N–H and O–H groups in total. The lowest BCUT2D eigenvalue weighted by Gasteiger charge is -2.17. The third-order valence-electron chi connectivity index (χ3n) is 5.98. The minimum atomic E-state index is -1.14. The van der Waals surface area contributed by atoms with Crippen molar-refractivity contribution in [3.63, 3.8) is 0 Å². The van der Waals surface area contributed by atoms with Gasteiger partial charge in [0.15, 0.2) is 5.82 Å². The summed E-state index contributed by atoms with van der Waals surface area (Å²) in [6, 6.07) is 24.4. The number of para-hydroxylation sites is 1. The number of carbonyl (C=O) groups excluding carboxylic acids is 1. The number of carbonyl (C=O) groups is 2. The summed E-state index contributed by atoms with van der Waals surface area (Å²) in [6.45, 7) is 0.116. The maximum Gasteiger partial charge on any atom is 0.407 e. The number of thioether (sulfide) groups is 1. The summed E-state index contributed by atoms with van der Waals surface area (Å²) in [6.07, 6.45) is -0.765. The smallest absolute Gasteiger partial charge is 0.407 e. The molecule has 5 rings (SSSR count). The van der Waals surface area contributed by atoms with E-state index in [0.29, 0.717) is 11.6 Å². The number of carboxylic acid groups (broad SMARTS) is 1. The third-order valence-corrected chi connectivity index (χ3v) is 7.02. The van der Waals surface area contributed by atoms with E-state index in [1.165, 1.54) is 11.8 Å². The van der Waals surface area contributed by atoms with Crippen LogP contribution >= 0.6 is 11.8 Å². The zero-order valence-corrected chi connectivity index (χ0v) is 20.0. The predicted molar refractivity (Wildman–Crippen MR) is 135 cm³/mol. The molecule has 0 radical (unpaired) electrons. The Morgan fingerprint density at radius 1 is 0.972 bits per heavy atom. The van der Waals surface area contributed by atoms with Gasteiger partial charge in [-0.25, -0.2) is 9.59 Å². The molecule has 1 heterocycles. The molecule has 1 aliphatic carbocycles. The van der Waals surface area contributed by atoms with Crippen LogP contribution in [0.1, 0.15) is 22.9 Å². The quantitative estimate of drug-likeness (QED) is 0.355. The van der Waals surface area contributed by atoms with Gasteiger partial charge >= 0.3 is 12.1 Å². The summed E-state index contributed by atoms with van der Waals surface area (Å²) < 4.78 is 7.09. The Balaban J connectivity index is 1.17. The van der Waals surface area contributed by atoms with E-state index < -0.39 is 18.1 Å². The van der Waals surface area contributed by atoms with E-state index >= 15 is 0 Å². The number of nitrogens with zero attached hydrogens (tertiary/aromatic N) is 4. The number of carboxylic acids is 1. The van der Waals surface area contributed by atoms with E-state index in [0.717, 1.165) is 27.9 Å². The number of rotatable bonds is 9. The van der Waals surface area contributed by atoms with E-state index in [1.807, 2.05) is 66.7 Å². The van der Waals surface area contributed by atoms with Crippen LogP contribution in [0.15, 0.2) is 78.9 Å². The maximum atomic E-state index is 12.5. The van der Waals surface area contributed by atoms with Crippen molar-refractivity contribution in [1.82, 2.24) is 25.5 Å². The van der Waals surface area contributed by atoms with Crippen molar-refractivity contribution in [3.05, 3.63) is 95.8 Å². The van der Waals surface area contributed by atoms with E-state index in [1.54, 1.807) is 4.68 Å². The standard InChI is InChI=1S/C26H23N5O4S/c32-25(33)23(15-36-16-24-28-29-30-31(24)17-8-2-1-3-9-17)27-26(34)35-14-22-20-12-6-4-10-18(20)19-11-5-7-13-21(19)22/h1-13,22-23H,14-16H2,(H,27,34)(H,32,33). The minimum Gasteiger partial charge on any atom is -0.480 e. The van der Waals surface area contributed by atoms with Gasteiger partial charge in [-0.15, -0.1) is 5.10 Å². The van der Waals surface area contributed by atoms with Crippen LogP contribution in [0.3, 0.4) is 0 Å². The van der Waals surface area contributed by atoms with Crippen LogP contribution in [0.5, 0.6) is 0 Å². The first kappa shape index (κ1) is 23.6. The minimum absolute atomic E-state index is 0.0994. The lowest BCUT2D eigenvalue weighted by Crippen LogP contribution is -2.43. The highest BCUT2D eigenvalue weighted by Crippen LogP contribution is 2.44. The Morgan fingerprint density at radius 2 is 1.61 bits per heavy atom. The molecule has 1 amide bonds. The van der Waals surface area contributed by atoms with Crippen LogP contribution in [0, 0.1) is 0 Å². The van der Waals surface area contributed by atoms with Gasteiger partial charge in [0.2, 0.25) is 0 Å². The largest absolute Gasteiger partial charge is 0.480 e. The molecule has 0 aliphatic heterocycles. The molecule has 1 aliphatic rings. The molecular weight excluding hydrogens is 478 g/mol. The highest BCUT2D eigenvalue weighted by atomic mass is 32.2. The predicted octanol–water partition coefficient (Wildman–Crippen LogP) is 3.89. The van der Waals surface area contributed by atoms with Gasteiger partial charge in [-0.2, -0.15) is 16.4 Å². The molecule has 1 atom stereocenters. The summed E-state index contributed by atoms with van der Waals surface area (Å²) in [5.41, 5.74) is 5.24. The van der Waals surface area contributed by atoms with Crippen molar-refractivity contribution in [2.75, 3.05) is 12.4 Å². The van der Waals surface area contributed by atoms with Gasteiger partial charge in [0.25, 0.3) is 0 Å². The fourth-order valence-electron chi connectivity index (χ4n) is 4.29. The number of fused-ring (bicyclic) bond motifs is 3. The lowest BCUT2D eigenvalue weighted by molar-refractivity contribution is -0.138. The van der Waals surface area contributed by atoms with Gasteiger partial charge in [-0.1, -0.05) is 66.7 Å². The van der Waals surface area contributed by atoms with Crippen molar-refractivity contribution < 1.29 is 19.4 Å². The number of alkyl carbamates (subject to hydrolysis) is 1. The van der Waals surface area contributed by atoms with Crippen LogP contribution in [-0.4, -0.2) is 55.8 Å². The van der Waals surface area contributed by atoms with Crippen molar-refractivity contribution >= 4 is 23.8 Å². The zero-order chi connectivity index (χ0) is 24.9. The SMILES string of the molecule is O=C(NC(CSCc1nnnn1-c1ccccc1)C(=O)O)OCC1c2ccccc2-c2ccccc21. The second kappa shape index (κ2) is 10.6. The molecule has 3 aromatic carbocycles. The third kappa shape index (κ3) is 4.94. The molecule has 9 nitrogen and oxygen atoms in total. The second-order valence-corrected chi connectivity index (χ2v) is 9.25. The van der Waals surface area contributed by atoms with Crippen LogP contribution < -0.4 is 5.32 Å². The number of amides is 1. The summed E-state index contributed by atoms with van der Waals surface area (Å²) in [5.74, 6) is -0.160. The zero-order valence-electron chi connectivity index (χ0n) is 19.2. The normalized spacial score (nSPS) is 13.0. The molecule has 10 heteroatoms. The molecule has 0 spiro atoms. The molecule has 0 fully saturated rings. The molecule has 0 bridgehead atoms. The van der Waals surface area contributed by atoms with E-state index in [-0.39, 0.29) is 18.3 Å². The summed E-state index contributed by atoms with van der Waals surface area (Å²) in [5, 5.41) is 23.8.